The van der Waals surface area contributed by atoms with Crippen LogP contribution in [0.25, 0.3) is 0 Å². The lowest BCUT2D eigenvalue weighted by molar-refractivity contribution is 0.214. The van der Waals surface area contributed by atoms with Crippen molar-refractivity contribution in [2.75, 3.05) is 0 Å². The summed E-state index contributed by atoms with van der Waals surface area (Å²) < 4.78 is 0. The molecule has 24 heavy (non-hydrogen) atoms. The average Bonchev–Trinajstić information content (AvgIpc) is 2.61. The Balaban J connectivity index is 1.61. The maximum Gasteiger partial charge on any atom is -0.0108 e. The summed E-state index contributed by atoms with van der Waals surface area (Å²) in [6, 6.07) is 18.4. The van der Waals surface area contributed by atoms with Crippen LogP contribution in [0.2, 0.25) is 0 Å². The van der Waals surface area contributed by atoms with Crippen LogP contribution in [0.5, 0.6) is 0 Å². The molecule has 0 saturated carbocycles. The van der Waals surface area contributed by atoms with Gasteiger partial charge in [0.1, 0.15) is 0 Å². The van der Waals surface area contributed by atoms with Gasteiger partial charge in [0, 0.05) is 0 Å². The maximum atomic E-state index is 2.52. The van der Waals surface area contributed by atoms with Crippen LogP contribution in [0.15, 0.2) is 48.5 Å². The Labute approximate surface area is 147 Å². The molecule has 0 amide bonds. The molecule has 2 atom stereocenters. The quantitative estimate of drug-likeness (QED) is 0.595. The van der Waals surface area contributed by atoms with Crippen molar-refractivity contribution in [3.63, 3.8) is 0 Å². The van der Waals surface area contributed by atoms with Crippen molar-refractivity contribution >= 4 is 0 Å². The van der Waals surface area contributed by atoms with E-state index in [4.69, 9.17) is 0 Å². The van der Waals surface area contributed by atoms with Gasteiger partial charge in [0.25, 0.3) is 0 Å². The van der Waals surface area contributed by atoms with Gasteiger partial charge in [0.15, 0.2) is 0 Å². The Morgan fingerprint density at radius 3 is 2.12 bits per heavy atom. The molecule has 2 aliphatic rings. The van der Waals surface area contributed by atoms with Gasteiger partial charge in [-0.3, -0.25) is 0 Å². The predicted molar refractivity (Wildman–Crippen MR) is 103 cm³/mol. The van der Waals surface area contributed by atoms with Gasteiger partial charge in [-0.1, -0.05) is 62.4 Å². The van der Waals surface area contributed by atoms with Crippen molar-refractivity contribution < 1.29 is 0 Å². The highest BCUT2D eigenvalue weighted by atomic mass is 14.4. The fourth-order valence-electron chi connectivity index (χ4n) is 5.41. The zero-order valence-corrected chi connectivity index (χ0v) is 15.2. The van der Waals surface area contributed by atoms with Gasteiger partial charge in [-0.15, -0.1) is 0 Å². The second-order valence-corrected chi connectivity index (χ2v) is 8.62. The summed E-state index contributed by atoms with van der Waals surface area (Å²) in [6.45, 7) is 5.05. The minimum absolute atomic E-state index is 0.367. The fraction of sp³-hybridized carbons (Fsp3) is 0.500. The summed E-state index contributed by atoms with van der Waals surface area (Å²) in [5, 5.41) is 0. The van der Waals surface area contributed by atoms with Gasteiger partial charge in [0.05, 0.1) is 0 Å². The van der Waals surface area contributed by atoms with E-state index < -0.39 is 0 Å². The SMILES string of the molecule is CC(C)(CC1CCCc2ccccc21)C1CCCc2ccccc21. The summed E-state index contributed by atoms with van der Waals surface area (Å²) in [4.78, 5) is 0. The van der Waals surface area contributed by atoms with Gasteiger partial charge >= 0.3 is 0 Å². The molecule has 0 aromatic heterocycles. The van der Waals surface area contributed by atoms with Gasteiger partial charge < -0.3 is 0 Å². The van der Waals surface area contributed by atoms with Crippen LogP contribution in [-0.2, 0) is 12.8 Å². The summed E-state index contributed by atoms with van der Waals surface area (Å²) in [6.07, 6.45) is 9.32. The Morgan fingerprint density at radius 2 is 1.38 bits per heavy atom. The number of rotatable bonds is 3. The second-order valence-electron chi connectivity index (χ2n) is 8.62. The van der Waals surface area contributed by atoms with Crippen LogP contribution < -0.4 is 0 Å². The largest absolute Gasteiger partial charge is 0.0620 e. The van der Waals surface area contributed by atoms with Crippen molar-refractivity contribution in [2.24, 2.45) is 5.41 Å². The lowest BCUT2D eigenvalue weighted by Crippen LogP contribution is -2.28. The number of hydrogen-bond acceptors (Lipinski definition) is 0. The molecule has 0 spiro atoms. The third-order valence-corrected chi connectivity index (χ3v) is 6.58. The highest BCUT2D eigenvalue weighted by molar-refractivity contribution is 5.36. The van der Waals surface area contributed by atoms with E-state index >= 15 is 0 Å². The maximum absolute atomic E-state index is 2.52. The summed E-state index contributed by atoms with van der Waals surface area (Å²) in [5.74, 6) is 1.47. The van der Waals surface area contributed by atoms with Crippen LogP contribution in [0, 0.1) is 5.41 Å². The minimum Gasteiger partial charge on any atom is -0.0620 e. The molecule has 2 unspecified atom stereocenters. The smallest absolute Gasteiger partial charge is 0.0108 e. The summed E-state index contributed by atoms with van der Waals surface area (Å²) in [5.41, 5.74) is 6.85. The third-order valence-electron chi connectivity index (χ3n) is 6.58. The summed E-state index contributed by atoms with van der Waals surface area (Å²) in [7, 11) is 0. The van der Waals surface area contributed by atoms with Crippen molar-refractivity contribution in [3.8, 4) is 0 Å². The zero-order valence-electron chi connectivity index (χ0n) is 15.2. The first-order valence-electron chi connectivity index (χ1n) is 9.81. The predicted octanol–water partition coefficient (Wildman–Crippen LogP) is 6.64. The van der Waals surface area contributed by atoms with E-state index in [1.807, 2.05) is 0 Å². The van der Waals surface area contributed by atoms with Crippen LogP contribution in [-0.4, -0.2) is 0 Å². The summed E-state index contributed by atoms with van der Waals surface area (Å²) >= 11 is 0. The van der Waals surface area contributed by atoms with Crippen molar-refractivity contribution in [1.29, 1.82) is 0 Å². The van der Waals surface area contributed by atoms with Crippen molar-refractivity contribution in [1.82, 2.24) is 0 Å². The molecular weight excluding hydrogens is 288 g/mol. The van der Waals surface area contributed by atoms with Gasteiger partial charge in [-0.2, -0.15) is 0 Å². The molecule has 0 radical (unpaired) electrons. The first-order valence-corrected chi connectivity index (χ1v) is 9.81. The zero-order chi connectivity index (χ0) is 16.6. The second kappa shape index (κ2) is 6.39. The third kappa shape index (κ3) is 2.92. The van der Waals surface area contributed by atoms with E-state index in [0.717, 1.165) is 11.8 Å². The molecule has 0 heterocycles. The Kier molecular flexibility index (Phi) is 4.24. The van der Waals surface area contributed by atoms with E-state index in [1.54, 1.807) is 22.3 Å². The molecule has 0 saturated heterocycles. The number of aryl methyl sites for hydroxylation is 2. The van der Waals surface area contributed by atoms with E-state index in [9.17, 15) is 0 Å². The van der Waals surface area contributed by atoms with Gasteiger partial charge in [-0.05, 0) is 84.5 Å². The molecule has 0 heteroatoms. The number of fused-ring (bicyclic) bond motifs is 2. The number of hydrogen-bond donors (Lipinski definition) is 0. The van der Waals surface area contributed by atoms with Crippen molar-refractivity contribution in [3.05, 3.63) is 70.8 Å². The molecule has 0 aliphatic heterocycles. The first kappa shape index (κ1) is 15.9. The molecular formula is C24H30. The average molecular weight is 319 g/mol. The standard InChI is InChI=1S/C24H30/c1-24(2,23-16-8-12-19-10-4-6-15-22(19)23)17-20-13-7-11-18-9-3-5-14-21(18)20/h3-6,9-10,14-15,20,23H,7-8,11-13,16-17H2,1-2H3. The lowest BCUT2D eigenvalue weighted by Gasteiger charge is -2.42. The molecule has 0 fully saturated rings. The van der Waals surface area contributed by atoms with E-state index in [0.29, 0.717) is 5.41 Å². The van der Waals surface area contributed by atoms with E-state index in [1.165, 1.54) is 44.9 Å². The Morgan fingerprint density at radius 1 is 0.792 bits per heavy atom. The monoisotopic (exact) mass is 318 g/mol. The van der Waals surface area contributed by atoms with E-state index in [-0.39, 0.29) is 0 Å². The molecule has 2 aromatic rings. The van der Waals surface area contributed by atoms with Crippen molar-refractivity contribution in [2.45, 2.75) is 70.6 Å². The van der Waals surface area contributed by atoms with Gasteiger partial charge in [-0.25, -0.2) is 0 Å². The molecule has 0 bridgehead atoms. The van der Waals surface area contributed by atoms with Gasteiger partial charge in [0.2, 0.25) is 0 Å². The molecule has 0 N–H and O–H groups in total. The Bertz CT molecular complexity index is 709. The first-order chi connectivity index (χ1) is 11.6. The highest BCUT2D eigenvalue weighted by Gasteiger charge is 2.36. The highest BCUT2D eigenvalue weighted by Crippen LogP contribution is 2.50. The number of benzene rings is 2. The minimum atomic E-state index is 0.367. The van der Waals surface area contributed by atoms with Crippen LogP contribution in [0.1, 0.15) is 80.0 Å². The van der Waals surface area contributed by atoms with Crippen LogP contribution >= 0.6 is 0 Å². The molecule has 126 valence electrons. The lowest BCUT2D eigenvalue weighted by atomic mass is 9.63. The molecule has 2 aromatic carbocycles. The Hall–Kier alpha value is -1.56. The fourth-order valence-corrected chi connectivity index (χ4v) is 5.41. The normalized spacial score (nSPS) is 23.4. The van der Waals surface area contributed by atoms with Crippen LogP contribution in [0.3, 0.4) is 0 Å². The molecule has 2 aliphatic carbocycles. The topological polar surface area (TPSA) is 0 Å². The molecule has 0 nitrogen and oxygen atoms in total. The molecule has 4 rings (SSSR count). The van der Waals surface area contributed by atoms with Crippen LogP contribution in [0.4, 0.5) is 0 Å². The van der Waals surface area contributed by atoms with E-state index in [2.05, 4.69) is 62.4 Å².